The maximum atomic E-state index is 13.4. The Hall–Kier alpha value is -1.71. The number of benzene rings is 1. The van der Waals surface area contributed by atoms with Crippen molar-refractivity contribution in [2.24, 2.45) is 4.99 Å². The van der Waals surface area contributed by atoms with Gasteiger partial charge < -0.3 is 4.52 Å². The number of hydrogen-bond donors (Lipinski definition) is 3. The minimum atomic E-state index is -4.86. The van der Waals surface area contributed by atoms with Gasteiger partial charge in [0.2, 0.25) is 0 Å². The van der Waals surface area contributed by atoms with Crippen molar-refractivity contribution in [2.45, 2.75) is 26.7 Å². The van der Waals surface area contributed by atoms with Gasteiger partial charge in [0.15, 0.2) is 5.17 Å². The van der Waals surface area contributed by atoms with Crippen LogP contribution >= 0.6 is 19.6 Å². The van der Waals surface area contributed by atoms with Crippen molar-refractivity contribution in [3.05, 3.63) is 34.5 Å². The van der Waals surface area contributed by atoms with Crippen LogP contribution in [0, 0.1) is 5.82 Å². The Morgan fingerprint density at radius 3 is 2.74 bits per heavy atom. The van der Waals surface area contributed by atoms with E-state index in [0.29, 0.717) is 5.17 Å². The molecule has 0 radical (unpaired) electrons. The zero-order chi connectivity index (χ0) is 20.0. The second kappa shape index (κ2) is 9.48. The van der Waals surface area contributed by atoms with Crippen molar-refractivity contribution in [1.82, 2.24) is 10.4 Å². The van der Waals surface area contributed by atoms with E-state index in [2.05, 4.69) is 14.9 Å². The average molecular weight is 417 g/mol. The summed E-state index contributed by atoms with van der Waals surface area (Å²) in [7, 11) is -4.86. The molecule has 1 amide bonds. The Kier molecular flexibility index (Phi) is 7.58. The molecule has 0 unspecified atom stereocenters. The third-order valence-electron chi connectivity index (χ3n) is 3.43. The molecule has 2 aliphatic heterocycles. The summed E-state index contributed by atoms with van der Waals surface area (Å²) in [5.74, 6) is -1.54. The van der Waals surface area contributed by atoms with Gasteiger partial charge in [0.1, 0.15) is 11.6 Å². The summed E-state index contributed by atoms with van der Waals surface area (Å²) in [5, 5.41) is 2.31. The van der Waals surface area contributed by atoms with E-state index in [1.54, 1.807) is 5.01 Å². The van der Waals surface area contributed by atoms with Crippen molar-refractivity contribution < 1.29 is 28.1 Å². The lowest BCUT2D eigenvalue weighted by Gasteiger charge is -2.28. The summed E-state index contributed by atoms with van der Waals surface area (Å²) in [6.45, 7) is 5.53. The van der Waals surface area contributed by atoms with Crippen LogP contribution < -0.4 is 9.95 Å². The van der Waals surface area contributed by atoms with Crippen LogP contribution in [0.2, 0.25) is 0 Å². The highest BCUT2D eigenvalue weighted by Crippen LogP contribution is 2.41. The molecule has 3 N–H and O–H groups in total. The molecule has 2 aliphatic rings. The zero-order valence-corrected chi connectivity index (χ0v) is 16.6. The van der Waals surface area contributed by atoms with Crippen LogP contribution in [0.15, 0.2) is 28.1 Å². The summed E-state index contributed by atoms with van der Waals surface area (Å²) < 4.78 is 28.9. The van der Waals surface area contributed by atoms with E-state index in [9.17, 15) is 13.8 Å². The van der Waals surface area contributed by atoms with Crippen LogP contribution in [-0.2, 0) is 9.36 Å². The summed E-state index contributed by atoms with van der Waals surface area (Å²) in [5.41, 5.74) is 3.31. The van der Waals surface area contributed by atoms with E-state index < -0.39 is 19.5 Å². The maximum absolute atomic E-state index is 13.4. The van der Waals surface area contributed by atoms with Crippen molar-refractivity contribution in [3.63, 3.8) is 0 Å². The molecular weight excluding hydrogens is 396 g/mol. The highest BCUT2D eigenvalue weighted by molar-refractivity contribution is 8.18. The maximum Gasteiger partial charge on any atom is 0.524 e. The van der Waals surface area contributed by atoms with E-state index in [0.717, 1.165) is 49.8 Å². The number of aliphatic imine (C=N–C) groups is 1. The lowest BCUT2D eigenvalue weighted by molar-refractivity contribution is -0.113. The predicted octanol–water partition coefficient (Wildman–Crippen LogP) is 2.89. The molecule has 0 saturated carbocycles. The van der Waals surface area contributed by atoms with Crippen LogP contribution in [0.3, 0.4) is 0 Å². The Bertz CT molecular complexity index is 805. The van der Waals surface area contributed by atoms with Crippen LogP contribution in [-0.4, -0.2) is 39.0 Å². The zero-order valence-electron chi connectivity index (χ0n) is 14.9. The number of hydrazine groups is 1. The number of phosphoric ester groups is 1. The molecule has 0 atom stereocenters. The Labute approximate surface area is 160 Å². The monoisotopic (exact) mass is 417 g/mol. The molecule has 0 bridgehead atoms. The third kappa shape index (κ3) is 6.15. The van der Waals surface area contributed by atoms with Gasteiger partial charge in [-0.2, -0.15) is 4.99 Å². The highest BCUT2D eigenvalue weighted by Gasteiger charge is 2.28. The van der Waals surface area contributed by atoms with Crippen molar-refractivity contribution in [2.75, 3.05) is 13.1 Å². The van der Waals surface area contributed by atoms with Gasteiger partial charge in [-0.3, -0.25) is 19.6 Å². The number of hydrogen-bond acceptors (Lipinski definition) is 6. The Morgan fingerprint density at radius 2 is 2.11 bits per heavy atom. The smallest absolute Gasteiger partial charge is 0.404 e. The van der Waals surface area contributed by atoms with Crippen LogP contribution in [0.25, 0.3) is 6.08 Å². The molecule has 0 aromatic heterocycles. The van der Waals surface area contributed by atoms with Gasteiger partial charge in [0.05, 0.1) is 4.91 Å². The number of thioether (sulfide) groups is 1. The average Bonchev–Trinajstić information content (AvgIpc) is 2.99. The van der Waals surface area contributed by atoms with Gasteiger partial charge in [0.25, 0.3) is 5.91 Å². The van der Waals surface area contributed by atoms with E-state index >= 15 is 0 Å². The van der Waals surface area contributed by atoms with E-state index in [1.165, 1.54) is 12.1 Å². The Balaban J connectivity index is 0.00000126. The summed E-state index contributed by atoms with van der Waals surface area (Å²) in [6.07, 6.45) is 3.40. The summed E-state index contributed by atoms with van der Waals surface area (Å²) >= 11 is 1.13. The number of carbonyl (C=O) groups excluding carboxylic acids is 1. The topological polar surface area (TPSA) is 111 Å². The minimum Gasteiger partial charge on any atom is -0.404 e. The number of amidine groups is 1. The first kappa shape index (κ1) is 21.6. The van der Waals surface area contributed by atoms with Crippen LogP contribution in [0.5, 0.6) is 5.75 Å². The minimum absolute atomic E-state index is 0.170. The second-order valence-corrected chi connectivity index (χ2v) is 7.51. The molecule has 148 valence electrons. The quantitative estimate of drug-likeness (QED) is 0.509. The molecule has 3 rings (SSSR count). The number of amides is 1. The SMILES string of the molecule is CC.O=C1N=C(N2CCCCN2)S/C1=C\c1ccc(F)cc1OP(=O)(O)O. The first-order chi connectivity index (χ1) is 12.8. The van der Waals surface area contributed by atoms with Crippen molar-refractivity contribution >= 4 is 36.7 Å². The fourth-order valence-corrected chi connectivity index (χ4v) is 3.67. The standard InChI is InChI=1S/C14H15FN3O5PS.C2H6/c15-10-4-3-9(11(8-10)23-24(20,21)22)7-12-13(19)17-14(25-12)18-6-2-1-5-16-18;1-2/h3-4,7-8,16H,1-2,5-6H2,(H2,20,21,22);1-2H3/b12-7-;. The summed E-state index contributed by atoms with van der Waals surface area (Å²) in [6, 6.07) is 3.23. The lowest BCUT2D eigenvalue weighted by Crippen LogP contribution is -2.45. The second-order valence-electron chi connectivity index (χ2n) is 5.34. The van der Waals surface area contributed by atoms with Crippen LogP contribution in [0.1, 0.15) is 32.3 Å². The van der Waals surface area contributed by atoms with Crippen molar-refractivity contribution in [1.29, 1.82) is 0 Å². The number of nitrogens with one attached hydrogen (secondary N) is 1. The van der Waals surface area contributed by atoms with Gasteiger partial charge in [0, 0.05) is 24.7 Å². The lowest BCUT2D eigenvalue weighted by atomic mass is 10.2. The number of carbonyl (C=O) groups is 1. The first-order valence-corrected chi connectivity index (χ1v) is 10.7. The molecule has 1 aromatic carbocycles. The molecule has 0 spiro atoms. The first-order valence-electron chi connectivity index (χ1n) is 8.40. The molecule has 0 aliphatic carbocycles. The summed E-state index contributed by atoms with van der Waals surface area (Å²) in [4.78, 5) is 34.2. The fraction of sp³-hybridized carbons (Fsp3) is 0.375. The predicted molar refractivity (Wildman–Crippen MR) is 102 cm³/mol. The normalized spacial score (nSPS) is 18.9. The fourth-order valence-electron chi connectivity index (χ4n) is 2.34. The number of phosphoric acid groups is 1. The molecule has 1 saturated heterocycles. The van der Waals surface area contributed by atoms with Gasteiger partial charge >= 0.3 is 7.82 Å². The van der Waals surface area contributed by atoms with E-state index in [1.807, 2.05) is 13.8 Å². The molecule has 8 nitrogen and oxygen atoms in total. The highest BCUT2D eigenvalue weighted by atomic mass is 32.2. The van der Waals surface area contributed by atoms with Crippen molar-refractivity contribution in [3.8, 4) is 5.75 Å². The molecule has 1 aromatic rings. The van der Waals surface area contributed by atoms with E-state index in [4.69, 9.17) is 9.79 Å². The van der Waals surface area contributed by atoms with Gasteiger partial charge in [-0.15, -0.1) is 0 Å². The molecule has 2 heterocycles. The molecule has 27 heavy (non-hydrogen) atoms. The number of halogens is 1. The molecule has 11 heteroatoms. The molecular formula is C16H21FN3O5PS. The number of rotatable bonds is 3. The molecule has 1 fully saturated rings. The largest absolute Gasteiger partial charge is 0.524 e. The van der Waals surface area contributed by atoms with Gasteiger partial charge in [-0.25, -0.2) is 14.4 Å². The number of nitrogens with zero attached hydrogens (tertiary/aromatic N) is 2. The Morgan fingerprint density at radius 1 is 1.37 bits per heavy atom. The van der Waals surface area contributed by atoms with E-state index in [-0.39, 0.29) is 16.2 Å². The van der Waals surface area contributed by atoms with Gasteiger partial charge in [-0.05, 0) is 42.8 Å². The van der Waals surface area contributed by atoms with Gasteiger partial charge in [-0.1, -0.05) is 13.8 Å². The third-order valence-corrected chi connectivity index (χ3v) is 4.87. The van der Waals surface area contributed by atoms with Crippen LogP contribution in [0.4, 0.5) is 4.39 Å².